The van der Waals surface area contributed by atoms with Crippen LogP contribution in [0.2, 0.25) is 5.02 Å². The van der Waals surface area contributed by atoms with Gasteiger partial charge in [-0.05, 0) is 75.0 Å². The van der Waals surface area contributed by atoms with Crippen molar-refractivity contribution in [3.63, 3.8) is 0 Å². The molecular weight excluding hydrogens is 360 g/mol. The molecule has 0 spiro atoms. The van der Waals surface area contributed by atoms with E-state index >= 15 is 0 Å². The van der Waals surface area contributed by atoms with Gasteiger partial charge in [0.15, 0.2) is 0 Å². The van der Waals surface area contributed by atoms with Crippen LogP contribution in [0.15, 0.2) is 23.1 Å². The molecule has 3 aliphatic rings. The molecular formula is C18H25ClN2O3S. The molecule has 3 aliphatic carbocycles. The topological polar surface area (TPSA) is 78.4 Å². The Morgan fingerprint density at radius 3 is 2.32 bits per heavy atom. The Kier molecular flexibility index (Phi) is 4.73. The van der Waals surface area contributed by atoms with E-state index in [0.29, 0.717) is 36.7 Å². The van der Waals surface area contributed by atoms with Gasteiger partial charge in [0.1, 0.15) is 0 Å². The maximum absolute atomic E-state index is 12.6. The third kappa shape index (κ3) is 3.97. The second-order valence-electron chi connectivity index (χ2n) is 7.84. The Morgan fingerprint density at radius 1 is 1.00 bits per heavy atom. The average Bonchev–Trinajstić information content (AvgIpc) is 3.18. The molecule has 1 aromatic rings. The van der Waals surface area contributed by atoms with Crippen LogP contribution >= 0.6 is 11.6 Å². The van der Waals surface area contributed by atoms with Crippen molar-refractivity contribution < 1.29 is 13.5 Å². The van der Waals surface area contributed by atoms with Crippen molar-refractivity contribution in [2.24, 2.45) is 11.8 Å². The Hall–Kier alpha value is -0.820. The molecule has 3 saturated carbocycles. The van der Waals surface area contributed by atoms with Gasteiger partial charge >= 0.3 is 0 Å². The summed E-state index contributed by atoms with van der Waals surface area (Å²) in [6.07, 6.45) is 6.05. The van der Waals surface area contributed by atoms with Crippen LogP contribution in [-0.4, -0.2) is 31.7 Å². The summed E-state index contributed by atoms with van der Waals surface area (Å²) >= 11 is 6.34. The first-order valence-electron chi connectivity index (χ1n) is 9.17. The van der Waals surface area contributed by atoms with Gasteiger partial charge in [0.25, 0.3) is 0 Å². The normalized spacial score (nSPS) is 34.6. The van der Waals surface area contributed by atoms with Gasteiger partial charge in [-0.1, -0.05) is 11.6 Å². The molecule has 5 nitrogen and oxygen atoms in total. The summed E-state index contributed by atoms with van der Waals surface area (Å²) in [5, 5.41) is 13.5. The van der Waals surface area contributed by atoms with Crippen LogP contribution in [0, 0.1) is 11.8 Å². The lowest BCUT2D eigenvalue weighted by atomic mass is 9.94. The second kappa shape index (κ2) is 6.72. The predicted octanol–water partition coefficient (Wildman–Crippen LogP) is 3.13. The van der Waals surface area contributed by atoms with Gasteiger partial charge in [0, 0.05) is 12.1 Å². The minimum Gasteiger partial charge on any atom is -0.393 e. The molecule has 7 heteroatoms. The Balaban J connectivity index is 1.41. The van der Waals surface area contributed by atoms with Crippen LogP contribution in [0.4, 0.5) is 5.69 Å². The number of hydrogen-bond acceptors (Lipinski definition) is 4. The van der Waals surface area contributed by atoms with Crippen molar-refractivity contribution in [2.75, 3.05) is 5.32 Å². The van der Waals surface area contributed by atoms with Gasteiger partial charge in [-0.25, -0.2) is 13.1 Å². The highest BCUT2D eigenvalue weighted by Crippen LogP contribution is 2.52. The highest BCUT2D eigenvalue weighted by molar-refractivity contribution is 7.89. The number of rotatable bonds is 5. The molecule has 0 radical (unpaired) electrons. The number of benzene rings is 1. The van der Waals surface area contributed by atoms with Gasteiger partial charge < -0.3 is 10.4 Å². The van der Waals surface area contributed by atoms with E-state index in [1.165, 1.54) is 25.3 Å². The van der Waals surface area contributed by atoms with E-state index in [4.69, 9.17) is 11.6 Å². The summed E-state index contributed by atoms with van der Waals surface area (Å²) in [5.74, 6) is 1.77. The summed E-state index contributed by atoms with van der Waals surface area (Å²) in [6.45, 7) is 0. The number of anilines is 1. The number of nitrogens with one attached hydrogen (secondary N) is 2. The van der Waals surface area contributed by atoms with Crippen LogP contribution in [0.1, 0.15) is 44.9 Å². The number of aliphatic hydroxyl groups is 1. The monoisotopic (exact) mass is 384 g/mol. The first-order valence-corrected chi connectivity index (χ1v) is 11.0. The number of hydrogen-bond donors (Lipinski definition) is 3. The SMILES string of the molecule is O=S(=O)(NC1CCC(O)CC1)c1ccc(NC2CC3CC3C2)c(Cl)c1. The highest BCUT2D eigenvalue weighted by atomic mass is 35.5. The van der Waals surface area contributed by atoms with Gasteiger partial charge in [0.2, 0.25) is 10.0 Å². The molecule has 0 amide bonds. The van der Waals surface area contributed by atoms with Crippen molar-refractivity contribution in [3.8, 4) is 0 Å². The molecule has 0 aliphatic heterocycles. The minimum absolute atomic E-state index is 0.116. The third-order valence-corrected chi connectivity index (χ3v) is 7.70. The first kappa shape index (κ1) is 17.6. The van der Waals surface area contributed by atoms with E-state index in [2.05, 4.69) is 10.0 Å². The second-order valence-corrected chi connectivity index (χ2v) is 9.96. The number of fused-ring (bicyclic) bond motifs is 1. The van der Waals surface area contributed by atoms with Crippen LogP contribution in [0.5, 0.6) is 0 Å². The summed E-state index contributed by atoms with van der Waals surface area (Å²) in [7, 11) is -3.59. The van der Waals surface area contributed by atoms with E-state index < -0.39 is 10.0 Å². The molecule has 4 rings (SSSR count). The molecule has 25 heavy (non-hydrogen) atoms. The zero-order valence-electron chi connectivity index (χ0n) is 14.1. The lowest BCUT2D eigenvalue weighted by Crippen LogP contribution is -2.38. The molecule has 2 atom stereocenters. The number of sulfonamides is 1. The van der Waals surface area contributed by atoms with Crippen LogP contribution in [0.3, 0.4) is 0 Å². The predicted molar refractivity (Wildman–Crippen MR) is 98.3 cm³/mol. The Morgan fingerprint density at radius 2 is 1.68 bits per heavy atom. The summed E-state index contributed by atoms with van der Waals surface area (Å²) in [6, 6.07) is 5.25. The molecule has 2 unspecified atom stereocenters. The third-order valence-electron chi connectivity index (χ3n) is 5.87. The average molecular weight is 385 g/mol. The van der Waals surface area contributed by atoms with E-state index in [9.17, 15) is 13.5 Å². The lowest BCUT2D eigenvalue weighted by molar-refractivity contribution is 0.120. The molecule has 0 aromatic heterocycles. The molecule has 0 bridgehead atoms. The molecule has 1 aromatic carbocycles. The van der Waals surface area contributed by atoms with Crippen LogP contribution in [-0.2, 0) is 10.0 Å². The standard InChI is InChI=1S/C18H25ClN2O3S/c19-17-10-16(25(23,24)21-13-1-3-15(22)4-2-13)5-6-18(17)20-14-8-11-7-12(11)9-14/h5-6,10-15,20-22H,1-4,7-9H2. The van der Waals surface area contributed by atoms with Gasteiger partial charge in [-0.15, -0.1) is 0 Å². The van der Waals surface area contributed by atoms with Crippen molar-refractivity contribution in [1.29, 1.82) is 0 Å². The lowest BCUT2D eigenvalue weighted by Gasteiger charge is -2.26. The van der Waals surface area contributed by atoms with Gasteiger partial charge in [-0.2, -0.15) is 0 Å². The number of halogens is 1. The summed E-state index contributed by atoms with van der Waals surface area (Å²) < 4.78 is 27.9. The molecule has 0 heterocycles. The molecule has 0 saturated heterocycles. The van der Waals surface area contributed by atoms with Crippen molar-refractivity contribution in [3.05, 3.63) is 23.2 Å². The maximum atomic E-state index is 12.6. The van der Waals surface area contributed by atoms with Crippen molar-refractivity contribution >= 4 is 27.3 Å². The summed E-state index contributed by atoms with van der Waals surface area (Å²) in [5.41, 5.74) is 0.813. The quantitative estimate of drug-likeness (QED) is 0.728. The first-order chi connectivity index (χ1) is 11.9. The highest BCUT2D eigenvalue weighted by Gasteiger charge is 2.45. The summed E-state index contributed by atoms with van der Waals surface area (Å²) in [4.78, 5) is 0.198. The van der Waals surface area contributed by atoms with Crippen LogP contribution in [0.25, 0.3) is 0 Å². The largest absolute Gasteiger partial charge is 0.393 e. The van der Waals surface area contributed by atoms with E-state index in [1.54, 1.807) is 12.1 Å². The fourth-order valence-electron chi connectivity index (χ4n) is 4.31. The zero-order valence-corrected chi connectivity index (χ0v) is 15.7. The Labute approximate surface area is 154 Å². The fourth-order valence-corrected chi connectivity index (χ4v) is 5.94. The molecule has 138 valence electrons. The van der Waals surface area contributed by atoms with Crippen molar-refractivity contribution in [2.45, 2.75) is 68.0 Å². The van der Waals surface area contributed by atoms with Crippen molar-refractivity contribution in [1.82, 2.24) is 4.72 Å². The molecule has 3 N–H and O–H groups in total. The van der Waals surface area contributed by atoms with E-state index in [-0.39, 0.29) is 17.0 Å². The fraction of sp³-hybridized carbons (Fsp3) is 0.667. The van der Waals surface area contributed by atoms with Crippen LogP contribution < -0.4 is 10.0 Å². The maximum Gasteiger partial charge on any atom is 0.240 e. The molecule has 3 fully saturated rings. The number of aliphatic hydroxyl groups excluding tert-OH is 1. The minimum atomic E-state index is -3.59. The Bertz CT molecular complexity index is 737. The zero-order chi connectivity index (χ0) is 17.6. The van der Waals surface area contributed by atoms with Gasteiger partial charge in [-0.3, -0.25) is 0 Å². The smallest absolute Gasteiger partial charge is 0.240 e. The van der Waals surface area contributed by atoms with E-state index in [0.717, 1.165) is 17.5 Å². The van der Waals surface area contributed by atoms with Gasteiger partial charge in [0.05, 0.1) is 21.7 Å². The van der Waals surface area contributed by atoms with E-state index in [1.807, 2.05) is 0 Å².